The van der Waals surface area contributed by atoms with E-state index in [0.717, 1.165) is 29.4 Å². The minimum absolute atomic E-state index is 0.258. The average molecular weight is 402 g/mol. The molecule has 1 N–H and O–H groups in total. The Morgan fingerprint density at radius 3 is 2.41 bits per heavy atom. The first-order chi connectivity index (χ1) is 12.9. The van der Waals surface area contributed by atoms with Crippen LogP contribution in [0.1, 0.15) is 29.3 Å². The molecule has 0 saturated heterocycles. The lowest BCUT2D eigenvalue weighted by Gasteiger charge is -2.20. The van der Waals surface area contributed by atoms with Gasteiger partial charge in [0.15, 0.2) is 0 Å². The van der Waals surface area contributed by atoms with E-state index in [-0.39, 0.29) is 11.5 Å². The highest BCUT2D eigenvalue weighted by atomic mass is 35.5. The number of carbonyl (C=O) groups excluding carboxylic acids is 1. The summed E-state index contributed by atoms with van der Waals surface area (Å²) in [6.07, 6.45) is 3.87. The molecule has 1 aromatic heterocycles. The fourth-order valence-corrected chi connectivity index (χ4v) is 3.80. The first-order valence-electron chi connectivity index (χ1n) is 8.77. The zero-order valence-corrected chi connectivity index (χ0v) is 17.0. The van der Waals surface area contributed by atoms with E-state index in [2.05, 4.69) is 22.1 Å². The predicted molar refractivity (Wildman–Crippen MR) is 114 cm³/mol. The Kier molecular flexibility index (Phi) is 5.88. The van der Waals surface area contributed by atoms with Crippen molar-refractivity contribution in [3.8, 4) is 0 Å². The lowest BCUT2D eigenvalue weighted by atomic mass is 10.0. The Morgan fingerprint density at radius 2 is 1.78 bits per heavy atom. The molecule has 140 valence electrons. The number of hydrogen-bond acceptors (Lipinski definition) is 3. The Labute approximate surface area is 169 Å². The summed E-state index contributed by atoms with van der Waals surface area (Å²) in [7, 11) is 4.03. The van der Waals surface area contributed by atoms with Gasteiger partial charge in [-0.15, -0.1) is 0 Å². The van der Waals surface area contributed by atoms with Gasteiger partial charge in [-0.05, 0) is 30.2 Å². The largest absolute Gasteiger partial charge is 0.377 e. The van der Waals surface area contributed by atoms with Gasteiger partial charge in [-0.1, -0.05) is 54.7 Å². The van der Waals surface area contributed by atoms with Crippen LogP contribution in [-0.4, -0.2) is 25.0 Å². The van der Waals surface area contributed by atoms with E-state index in [0.29, 0.717) is 15.7 Å². The van der Waals surface area contributed by atoms with Crippen molar-refractivity contribution in [1.29, 1.82) is 0 Å². The number of aromatic nitrogens is 1. The first kappa shape index (κ1) is 19.5. The van der Waals surface area contributed by atoms with Gasteiger partial charge in [0.05, 0.1) is 32.5 Å². The molecule has 4 nitrogen and oxygen atoms in total. The van der Waals surface area contributed by atoms with Gasteiger partial charge in [-0.25, -0.2) is 0 Å². The number of halogens is 2. The van der Waals surface area contributed by atoms with Crippen LogP contribution in [0.2, 0.25) is 10.0 Å². The van der Waals surface area contributed by atoms with Crippen molar-refractivity contribution in [1.82, 2.24) is 4.98 Å². The summed E-state index contributed by atoms with van der Waals surface area (Å²) in [5.41, 5.74) is 3.92. The van der Waals surface area contributed by atoms with E-state index < -0.39 is 0 Å². The summed E-state index contributed by atoms with van der Waals surface area (Å²) in [5.74, 6) is -0.357. The molecule has 27 heavy (non-hydrogen) atoms. The van der Waals surface area contributed by atoms with Crippen LogP contribution in [0.25, 0.3) is 10.9 Å². The Morgan fingerprint density at radius 1 is 1.11 bits per heavy atom. The van der Waals surface area contributed by atoms with E-state index in [9.17, 15) is 4.79 Å². The minimum Gasteiger partial charge on any atom is -0.377 e. The Hall–Kier alpha value is -2.30. The number of rotatable bonds is 5. The van der Waals surface area contributed by atoms with E-state index >= 15 is 0 Å². The van der Waals surface area contributed by atoms with Crippen molar-refractivity contribution < 1.29 is 4.79 Å². The van der Waals surface area contributed by atoms with Gasteiger partial charge in [-0.3, -0.25) is 9.78 Å². The average Bonchev–Trinajstić information content (AvgIpc) is 2.61. The molecule has 0 radical (unpaired) electrons. The van der Waals surface area contributed by atoms with E-state index in [1.165, 1.54) is 5.56 Å². The normalized spacial score (nSPS) is 10.9. The second-order valence-electron chi connectivity index (χ2n) is 6.53. The Balaban J connectivity index is 2.08. The van der Waals surface area contributed by atoms with Crippen molar-refractivity contribution in [2.45, 2.75) is 19.8 Å². The van der Waals surface area contributed by atoms with Gasteiger partial charge >= 0.3 is 0 Å². The number of nitrogens with zero attached hydrogens (tertiary/aromatic N) is 2. The highest BCUT2D eigenvalue weighted by Gasteiger charge is 2.18. The highest BCUT2D eigenvalue weighted by Crippen LogP contribution is 2.33. The molecule has 1 heterocycles. The Bertz CT molecular complexity index is 982. The van der Waals surface area contributed by atoms with Gasteiger partial charge in [0, 0.05) is 25.7 Å². The molecule has 6 heteroatoms. The zero-order chi connectivity index (χ0) is 19.6. The second-order valence-corrected chi connectivity index (χ2v) is 7.34. The van der Waals surface area contributed by atoms with Crippen LogP contribution in [0.3, 0.4) is 0 Å². The molecule has 0 bridgehead atoms. The maximum atomic E-state index is 12.8. The van der Waals surface area contributed by atoms with E-state index in [1.54, 1.807) is 18.2 Å². The number of benzene rings is 2. The lowest BCUT2D eigenvalue weighted by Crippen LogP contribution is -2.15. The van der Waals surface area contributed by atoms with Gasteiger partial charge in [-0.2, -0.15) is 0 Å². The van der Waals surface area contributed by atoms with Crippen LogP contribution < -0.4 is 10.2 Å². The van der Waals surface area contributed by atoms with Crippen LogP contribution in [0, 0.1) is 0 Å². The minimum atomic E-state index is -0.357. The second kappa shape index (κ2) is 8.15. The molecule has 1 amide bonds. The monoisotopic (exact) mass is 401 g/mol. The summed E-state index contributed by atoms with van der Waals surface area (Å²) in [4.78, 5) is 19.5. The third-order valence-corrected chi connectivity index (χ3v) is 4.98. The molecule has 2 aromatic carbocycles. The molecule has 0 unspecified atom stereocenters. The molecule has 3 aromatic rings. The van der Waals surface area contributed by atoms with Gasteiger partial charge in [0.25, 0.3) is 5.91 Å². The zero-order valence-electron chi connectivity index (χ0n) is 15.5. The molecule has 0 aliphatic rings. The topological polar surface area (TPSA) is 45.2 Å². The summed E-state index contributed by atoms with van der Waals surface area (Å²) in [5, 5.41) is 4.53. The molecule has 0 atom stereocenters. The van der Waals surface area contributed by atoms with Crippen molar-refractivity contribution >= 4 is 51.4 Å². The predicted octanol–water partition coefficient (Wildman–Crippen LogP) is 5.81. The van der Waals surface area contributed by atoms with Crippen molar-refractivity contribution in [3.05, 3.63) is 63.8 Å². The van der Waals surface area contributed by atoms with Crippen molar-refractivity contribution in [2.75, 3.05) is 24.3 Å². The van der Waals surface area contributed by atoms with Crippen molar-refractivity contribution in [3.63, 3.8) is 0 Å². The van der Waals surface area contributed by atoms with E-state index in [1.807, 2.05) is 38.5 Å². The summed E-state index contributed by atoms with van der Waals surface area (Å²) >= 11 is 12.3. The van der Waals surface area contributed by atoms with Crippen LogP contribution in [0.5, 0.6) is 0 Å². The summed E-state index contributed by atoms with van der Waals surface area (Å²) in [6, 6.07) is 10.8. The highest BCUT2D eigenvalue weighted by molar-refractivity contribution is 6.40. The van der Waals surface area contributed by atoms with Crippen molar-refractivity contribution in [2.24, 2.45) is 0 Å². The number of aryl methyl sites for hydroxylation is 1. The number of amides is 1. The molecular formula is C21H21Cl2N3O. The molecule has 0 fully saturated rings. The third-order valence-electron chi connectivity index (χ3n) is 4.35. The molecule has 3 rings (SSSR count). The van der Waals surface area contributed by atoms with Crippen LogP contribution in [-0.2, 0) is 6.42 Å². The number of hydrogen-bond donors (Lipinski definition) is 1. The number of pyridine rings is 1. The number of fused-ring (bicyclic) bond motifs is 1. The number of carbonyl (C=O) groups is 1. The van der Waals surface area contributed by atoms with Crippen LogP contribution in [0.15, 0.2) is 42.6 Å². The molecule has 0 saturated carbocycles. The quantitative estimate of drug-likeness (QED) is 0.586. The fourth-order valence-electron chi connectivity index (χ4n) is 3.23. The summed E-state index contributed by atoms with van der Waals surface area (Å²) < 4.78 is 0. The van der Waals surface area contributed by atoms with E-state index in [4.69, 9.17) is 23.2 Å². The SMILES string of the molecule is CCCc1cnc2c(NC(=O)c3c(Cl)cccc3Cl)cccc2c1N(C)C. The molecule has 0 aliphatic carbocycles. The number of nitrogens with one attached hydrogen (secondary N) is 1. The maximum absolute atomic E-state index is 12.8. The van der Waals surface area contributed by atoms with Gasteiger partial charge < -0.3 is 10.2 Å². The van der Waals surface area contributed by atoms with Crippen LogP contribution in [0.4, 0.5) is 11.4 Å². The fraction of sp³-hybridized carbons (Fsp3) is 0.238. The lowest BCUT2D eigenvalue weighted by molar-refractivity contribution is 0.102. The summed E-state index contributed by atoms with van der Waals surface area (Å²) in [6.45, 7) is 2.15. The maximum Gasteiger partial charge on any atom is 0.258 e. The smallest absolute Gasteiger partial charge is 0.258 e. The first-order valence-corrected chi connectivity index (χ1v) is 9.53. The van der Waals surface area contributed by atoms with Gasteiger partial charge in [0.2, 0.25) is 0 Å². The molecular weight excluding hydrogens is 381 g/mol. The number of para-hydroxylation sites is 1. The molecule has 0 aliphatic heterocycles. The number of anilines is 2. The van der Waals surface area contributed by atoms with Crippen LogP contribution >= 0.6 is 23.2 Å². The standard InChI is InChI=1S/C21H21Cl2N3O/c1-4-7-13-12-24-19-14(20(13)26(2)3)8-5-11-17(19)25-21(27)18-15(22)9-6-10-16(18)23/h5-6,8-12H,4,7H2,1-3H3,(H,25,27). The third kappa shape index (κ3) is 3.87. The molecule has 0 spiro atoms. The van der Waals surface area contributed by atoms with Gasteiger partial charge in [0.1, 0.15) is 0 Å².